The molecule has 0 aromatic heterocycles. The zero-order valence-corrected chi connectivity index (χ0v) is 19.4. The van der Waals surface area contributed by atoms with Gasteiger partial charge in [0.2, 0.25) is 0 Å². The Balaban J connectivity index is 1.99. The van der Waals surface area contributed by atoms with E-state index in [1.54, 1.807) is 0 Å². The van der Waals surface area contributed by atoms with Crippen molar-refractivity contribution in [2.45, 2.75) is 117 Å². The van der Waals surface area contributed by atoms with Gasteiger partial charge in [-0.1, -0.05) is 78.6 Å². The zero-order valence-electron chi connectivity index (χ0n) is 19.4. The number of carbonyl (C=O) groups is 2. The first-order chi connectivity index (χ1) is 14.0. The summed E-state index contributed by atoms with van der Waals surface area (Å²) in [5.74, 6) is 0.338. The maximum atomic E-state index is 12.2. The van der Waals surface area contributed by atoms with Gasteiger partial charge in [-0.3, -0.25) is 9.59 Å². The summed E-state index contributed by atoms with van der Waals surface area (Å²) in [6.45, 7) is 7.56. The Morgan fingerprint density at radius 3 is 1.55 bits per heavy atom. The summed E-state index contributed by atoms with van der Waals surface area (Å²) >= 11 is 0. The second kappa shape index (κ2) is 16.7. The van der Waals surface area contributed by atoms with Crippen LogP contribution in [-0.4, -0.2) is 25.2 Å². The first kappa shape index (κ1) is 26.0. The summed E-state index contributed by atoms with van der Waals surface area (Å²) in [7, 11) is 0. The molecule has 1 fully saturated rings. The number of ether oxygens (including phenoxy) is 2. The summed E-state index contributed by atoms with van der Waals surface area (Å²) in [5.41, 5.74) is 0. The van der Waals surface area contributed by atoms with E-state index < -0.39 is 0 Å². The molecular formula is C25H46O4. The highest BCUT2D eigenvalue weighted by atomic mass is 16.5. The number of rotatable bonds is 16. The average molecular weight is 411 g/mol. The Labute approximate surface area is 179 Å². The van der Waals surface area contributed by atoms with Crippen LogP contribution in [0.4, 0.5) is 0 Å². The van der Waals surface area contributed by atoms with Gasteiger partial charge in [0.15, 0.2) is 0 Å². The Kier molecular flexibility index (Phi) is 15.0. The number of unbranched alkanes of at least 4 members (excludes halogenated alkanes) is 9. The lowest BCUT2D eigenvalue weighted by Crippen LogP contribution is -2.28. The molecule has 170 valence electrons. The molecule has 1 aliphatic rings. The molecular weight excluding hydrogens is 364 g/mol. The monoisotopic (exact) mass is 410 g/mol. The number of hydrogen-bond acceptors (Lipinski definition) is 4. The molecule has 4 heteroatoms. The van der Waals surface area contributed by atoms with Crippen LogP contribution < -0.4 is 0 Å². The lowest BCUT2D eigenvalue weighted by Gasteiger charge is -2.26. The normalized spacial score (nSPS) is 19.3. The van der Waals surface area contributed by atoms with Crippen molar-refractivity contribution in [1.29, 1.82) is 0 Å². The molecule has 29 heavy (non-hydrogen) atoms. The number of esters is 2. The minimum Gasteiger partial charge on any atom is -0.465 e. The second-order valence-electron chi connectivity index (χ2n) is 9.25. The molecule has 1 rings (SSSR count). The second-order valence-corrected chi connectivity index (χ2v) is 9.25. The molecule has 0 N–H and O–H groups in total. The Morgan fingerprint density at radius 1 is 0.690 bits per heavy atom. The SMILES string of the molecule is CCCCCCCCCCCCOC(=O)C1CCC(C(=O)OCCC(C)C)CC1. The fourth-order valence-electron chi connectivity index (χ4n) is 3.96. The highest BCUT2D eigenvalue weighted by Crippen LogP contribution is 2.30. The van der Waals surface area contributed by atoms with Gasteiger partial charge in [-0.2, -0.15) is 0 Å². The van der Waals surface area contributed by atoms with Crippen LogP contribution in [0.25, 0.3) is 0 Å². The van der Waals surface area contributed by atoms with E-state index in [1.165, 1.54) is 51.4 Å². The van der Waals surface area contributed by atoms with Gasteiger partial charge in [-0.15, -0.1) is 0 Å². The van der Waals surface area contributed by atoms with Gasteiger partial charge in [-0.05, 0) is 44.4 Å². The van der Waals surface area contributed by atoms with Crippen LogP contribution in [0.5, 0.6) is 0 Å². The van der Waals surface area contributed by atoms with Gasteiger partial charge >= 0.3 is 11.9 Å². The first-order valence-corrected chi connectivity index (χ1v) is 12.4. The van der Waals surface area contributed by atoms with Crippen molar-refractivity contribution in [1.82, 2.24) is 0 Å². The van der Waals surface area contributed by atoms with Crippen molar-refractivity contribution >= 4 is 11.9 Å². The summed E-state index contributed by atoms with van der Waals surface area (Å²) in [5, 5.41) is 0. The predicted octanol–water partition coefficient (Wildman–Crippen LogP) is 6.85. The third-order valence-corrected chi connectivity index (χ3v) is 6.08. The molecule has 0 saturated heterocycles. The summed E-state index contributed by atoms with van der Waals surface area (Å²) in [6, 6.07) is 0. The van der Waals surface area contributed by atoms with Crippen LogP contribution in [0.1, 0.15) is 117 Å². The van der Waals surface area contributed by atoms with Crippen LogP contribution in [-0.2, 0) is 19.1 Å². The molecule has 0 spiro atoms. The van der Waals surface area contributed by atoms with E-state index in [2.05, 4.69) is 20.8 Å². The zero-order chi connectivity index (χ0) is 21.3. The van der Waals surface area contributed by atoms with E-state index in [4.69, 9.17) is 9.47 Å². The average Bonchev–Trinajstić information content (AvgIpc) is 2.71. The lowest BCUT2D eigenvalue weighted by atomic mass is 9.82. The van der Waals surface area contributed by atoms with Gasteiger partial charge < -0.3 is 9.47 Å². The molecule has 0 amide bonds. The molecule has 0 heterocycles. The molecule has 1 aliphatic carbocycles. The van der Waals surface area contributed by atoms with Crippen LogP contribution in [0.3, 0.4) is 0 Å². The van der Waals surface area contributed by atoms with E-state index >= 15 is 0 Å². The third-order valence-electron chi connectivity index (χ3n) is 6.08. The molecule has 0 unspecified atom stereocenters. The largest absolute Gasteiger partial charge is 0.465 e. The first-order valence-electron chi connectivity index (χ1n) is 12.4. The van der Waals surface area contributed by atoms with E-state index in [0.29, 0.717) is 19.1 Å². The Bertz CT molecular complexity index is 425. The molecule has 0 aliphatic heterocycles. The molecule has 4 nitrogen and oxygen atoms in total. The van der Waals surface area contributed by atoms with Gasteiger partial charge in [0.05, 0.1) is 25.0 Å². The summed E-state index contributed by atoms with van der Waals surface area (Å²) in [4.78, 5) is 24.3. The Hall–Kier alpha value is -1.06. The quantitative estimate of drug-likeness (QED) is 0.206. The third kappa shape index (κ3) is 13.0. The molecule has 0 aromatic carbocycles. The maximum Gasteiger partial charge on any atom is 0.308 e. The van der Waals surface area contributed by atoms with Crippen molar-refractivity contribution < 1.29 is 19.1 Å². The summed E-state index contributed by atoms with van der Waals surface area (Å²) < 4.78 is 10.9. The highest BCUT2D eigenvalue weighted by Gasteiger charge is 2.31. The molecule has 0 atom stereocenters. The predicted molar refractivity (Wildman–Crippen MR) is 119 cm³/mol. The van der Waals surface area contributed by atoms with Gasteiger partial charge in [0, 0.05) is 0 Å². The molecule has 0 aromatic rings. The van der Waals surface area contributed by atoms with Crippen LogP contribution in [0.15, 0.2) is 0 Å². The van der Waals surface area contributed by atoms with Crippen molar-refractivity contribution in [2.75, 3.05) is 13.2 Å². The van der Waals surface area contributed by atoms with Crippen molar-refractivity contribution in [2.24, 2.45) is 17.8 Å². The van der Waals surface area contributed by atoms with E-state index in [9.17, 15) is 9.59 Å². The van der Waals surface area contributed by atoms with Crippen molar-refractivity contribution in [3.63, 3.8) is 0 Å². The lowest BCUT2D eigenvalue weighted by molar-refractivity contribution is -0.155. The molecule has 0 radical (unpaired) electrons. The standard InChI is InChI=1S/C25H46O4/c1-4-5-6-7-8-9-10-11-12-13-19-28-24(26)22-14-16-23(17-15-22)25(27)29-20-18-21(2)3/h21-23H,4-20H2,1-3H3. The van der Waals surface area contributed by atoms with Gasteiger partial charge in [-0.25, -0.2) is 0 Å². The van der Waals surface area contributed by atoms with Crippen LogP contribution in [0.2, 0.25) is 0 Å². The number of hydrogen-bond donors (Lipinski definition) is 0. The van der Waals surface area contributed by atoms with E-state index in [-0.39, 0.29) is 23.8 Å². The number of carbonyl (C=O) groups excluding carboxylic acids is 2. The van der Waals surface area contributed by atoms with Gasteiger partial charge in [0.25, 0.3) is 0 Å². The smallest absolute Gasteiger partial charge is 0.308 e. The highest BCUT2D eigenvalue weighted by molar-refractivity contribution is 5.75. The minimum atomic E-state index is -0.0807. The van der Waals surface area contributed by atoms with Crippen molar-refractivity contribution in [3.8, 4) is 0 Å². The fraction of sp³-hybridized carbons (Fsp3) is 0.920. The topological polar surface area (TPSA) is 52.6 Å². The van der Waals surface area contributed by atoms with Crippen LogP contribution >= 0.6 is 0 Å². The molecule has 1 saturated carbocycles. The Morgan fingerprint density at radius 2 is 1.10 bits per heavy atom. The molecule has 0 bridgehead atoms. The van der Waals surface area contributed by atoms with Gasteiger partial charge in [0.1, 0.15) is 0 Å². The minimum absolute atomic E-state index is 0.0298. The van der Waals surface area contributed by atoms with E-state index in [1.807, 2.05) is 0 Å². The summed E-state index contributed by atoms with van der Waals surface area (Å²) in [6.07, 6.45) is 16.7. The van der Waals surface area contributed by atoms with Crippen LogP contribution in [0, 0.1) is 17.8 Å². The van der Waals surface area contributed by atoms with Crippen molar-refractivity contribution in [3.05, 3.63) is 0 Å². The fourth-order valence-corrected chi connectivity index (χ4v) is 3.96. The maximum absolute atomic E-state index is 12.2. The van der Waals surface area contributed by atoms with E-state index in [0.717, 1.165) is 44.9 Å².